The Balaban J connectivity index is 1.65. The molecule has 4 heteroatoms. The lowest BCUT2D eigenvalue weighted by Gasteiger charge is -2.28. The number of allylic oxidation sites excluding steroid dienone is 1. The van der Waals surface area contributed by atoms with Crippen LogP contribution in [0.4, 0.5) is 8.78 Å². The Bertz CT molecular complexity index is 689. The van der Waals surface area contributed by atoms with Crippen LogP contribution in [0.3, 0.4) is 0 Å². The number of halogens is 2. The molecular formula is C20H22F2N2. The quantitative estimate of drug-likeness (QED) is 0.662. The van der Waals surface area contributed by atoms with E-state index in [4.69, 9.17) is 0 Å². The van der Waals surface area contributed by atoms with Crippen LogP contribution in [0, 0.1) is 17.6 Å². The van der Waals surface area contributed by atoms with Crippen molar-refractivity contribution in [3.05, 3.63) is 60.4 Å². The number of benzene rings is 1. The van der Waals surface area contributed by atoms with E-state index >= 15 is 0 Å². The standard InChI is InChI=1S/C20H22F2N2/c1-2-3-4-14-5-7-15(8-6-14)17-12-23-20(24-13-17)16-9-10-18(21)19(22)11-16/h2,9-15H,1,3-8H2. The third-order valence-corrected chi connectivity index (χ3v) is 4.95. The molecular weight excluding hydrogens is 306 g/mol. The van der Waals surface area contributed by atoms with E-state index in [0.717, 1.165) is 42.9 Å². The topological polar surface area (TPSA) is 25.8 Å². The molecule has 2 aromatic rings. The third kappa shape index (κ3) is 3.86. The fourth-order valence-corrected chi connectivity index (χ4v) is 3.47. The number of hydrogen-bond donors (Lipinski definition) is 0. The molecule has 1 aliphatic carbocycles. The van der Waals surface area contributed by atoms with E-state index in [-0.39, 0.29) is 0 Å². The fourth-order valence-electron chi connectivity index (χ4n) is 3.47. The van der Waals surface area contributed by atoms with Crippen LogP contribution in [0.2, 0.25) is 0 Å². The van der Waals surface area contributed by atoms with Crippen LogP contribution < -0.4 is 0 Å². The van der Waals surface area contributed by atoms with Gasteiger partial charge >= 0.3 is 0 Å². The maximum absolute atomic E-state index is 13.3. The Morgan fingerprint density at radius 1 is 1.04 bits per heavy atom. The van der Waals surface area contributed by atoms with Gasteiger partial charge in [0.15, 0.2) is 17.5 Å². The lowest BCUT2D eigenvalue weighted by molar-refractivity contribution is 0.311. The molecule has 1 aromatic heterocycles. The van der Waals surface area contributed by atoms with Crippen LogP contribution in [0.25, 0.3) is 11.4 Å². The summed E-state index contributed by atoms with van der Waals surface area (Å²) in [6.45, 7) is 3.79. The SMILES string of the molecule is C=CCCC1CCC(c2cnc(-c3ccc(F)c(F)c3)nc2)CC1. The second-order valence-corrected chi connectivity index (χ2v) is 6.55. The zero-order valence-corrected chi connectivity index (χ0v) is 13.7. The van der Waals surface area contributed by atoms with Crippen molar-refractivity contribution in [3.8, 4) is 11.4 Å². The van der Waals surface area contributed by atoms with E-state index in [1.165, 1.54) is 25.3 Å². The number of hydrogen-bond acceptors (Lipinski definition) is 2. The van der Waals surface area contributed by atoms with Gasteiger partial charge in [0.05, 0.1) is 0 Å². The number of nitrogens with zero attached hydrogens (tertiary/aromatic N) is 2. The van der Waals surface area contributed by atoms with Crippen LogP contribution in [0.15, 0.2) is 43.2 Å². The largest absolute Gasteiger partial charge is 0.236 e. The van der Waals surface area contributed by atoms with E-state index in [9.17, 15) is 8.78 Å². The summed E-state index contributed by atoms with van der Waals surface area (Å²) in [7, 11) is 0. The molecule has 1 heterocycles. The van der Waals surface area contributed by atoms with Gasteiger partial charge in [-0.15, -0.1) is 6.58 Å². The first-order chi connectivity index (χ1) is 11.7. The molecule has 0 radical (unpaired) electrons. The maximum atomic E-state index is 13.3. The van der Waals surface area contributed by atoms with E-state index < -0.39 is 11.6 Å². The highest BCUT2D eigenvalue weighted by Crippen LogP contribution is 2.37. The molecule has 1 saturated carbocycles. The smallest absolute Gasteiger partial charge is 0.159 e. The Morgan fingerprint density at radius 3 is 2.38 bits per heavy atom. The Kier molecular flexibility index (Phi) is 5.34. The third-order valence-electron chi connectivity index (χ3n) is 4.95. The van der Waals surface area contributed by atoms with Gasteiger partial charge in [-0.25, -0.2) is 18.7 Å². The van der Waals surface area contributed by atoms with Crippen molar-refractivity contribution in [3.63, 3.8) is 0 Å². The lowest BCUT2D eigenvalue weighted by Crippen LogP contribution is -2.13. The van der Waals surface area contributed by atoms with Crippen molar-refractivity contribution >= 4 is 0 Å². The summed E-state index contributed by atoms with van der Waals surface area (Å²) in [6.07, 6.45) is 12.8. The molecule has 2 nitrogen and oxygen atoms in total. The van der Waals surface area contributed by atoms with Gasteiger partial charge in [-0.3, -0.25) is 0 Å². The van der Waals surface area contributed by atoms with Crippen LogP contribution in [0.5, 0.6) is 0 Å². The summed E-state index contributed by atoms with van der Waals surface area (Å²) in [5.74, 6) is 0.00421. The first-order valence-electron chi connectivity index (χ1n) is 8.55. The second kappa shape index (κ2) is 7.65. The average Bonchev–Trinajstić information content (AvgIpc) is 2.63. The zero-order chi connectivity index (χ0) is 16.9. The zero-order valence-electron chi connectivity index (χ0n) is 13.7. The molecule has 1 aromatic carbocycles. The average molecular weight is 328 g/mol. The maximum Gasteiger partial charge on any atom is 0.159 e. The van der Waals surface area contributed by atoms with Crippen LogP contribution in [-0.4, -0.2) is 9.97 Å². The molecule has 126 valence electrons. The van der Waals surface area contributed by atoms with E-state index in [1.54, 1.807) is 0 Å². The van der Waals surface area contributed by atoms with Gasteiger partial charge in [-0.05, 0) is 74.1 Å². The summed E-state index contributed by atoms with van der Waals surface area (Å²) in [6, 6.07) is 3.74. The molecule has 0 spiro atoms. The van der Waals surface area contributed by atoms with Gasteiger partial charge in [0.1, 0.15) is 0 Å². The van der Waals surface area contributed by atoms with E-state index in [2.05, 4.69) is 16.5 Å². The van der Waals surface area contributed by atoms with Gasteiger partial charge in [0.25, 0.3) is 0 Å². The van der Waals surface area contributed by atoms with Gasteiger partial charge in [0.2, 0.25) is 0 Å². The van der Waals surface area contributed by atoms with Gasteiger partial charge in [0, 0.05) is 18.0 Å². The molecule has 0 unspecified atom stereocenters. The number of aromatic nitrogens is 2. The molecule has 0 bridgehead atoms. The summed E-state index contributed by atoms with van der Waals surface area (Å²) in [5, 5.41) is 0. The molecule has 0 saturated heterocycles. The van der Waals surface area contributed by atoms with Gasteiger partial charge in [-0.2, -0.15) is 0 Å². The highest BCUT2D eigenvalue weighted by atomic mass is 19.2. The van der Waals surface area contributed by atoms with Gasteiger partial charge < -0.3 is 0 Å². The molecule has 0 aliphatic heterocycles. The minimum Gasteiger partial charge on any atom is -0.236 e. The summed E-state index contributed by atoms with van der Waals surface area (Å²) >= 11 is 0. The molecule has 1 fully saturated rings. The van der Waals surface area contributed by atoms with Crippen molar-refractivity contribution in [2.75, 3.05) is 0 Å². The monoisotopic (exact) mass is 328 g/mol. The second-order valence-electron chi connectivity index (χ2n) is 6.55. The molecule has 0 atom stereocenters. The molecule has 0 amide bonds. The van der Waals surface area contributed by atoms with Crippen LogP contribution in [-0.2, 0) is 0 Å². The van der Waals surface area contributed by atoms with Gasteiger partial charge in [-0.1, -0.05) is 6.08 Å². The molecule has 24 heavy (non-hydrogen) atoms. The van der Waals surface area contributed by atoms with Crippen molar-refractivity contribution < 1.29 is 8.78 Å². The molecule has 0 N–H and O–H groups in total. The Morgan fingerprint density at radius 2 is 1.75 bits per heavy atom. The first-order valence-corrected chi connectivity index (χ1v) is 8.55. The summed E-state index contributed by atoms with van der Waals surface area (Å²) in [4.78, 5) is 8.70. The molecule has 3 rings (SSSR count). The first kappa shape index (κ1) is 16.7. The minimum absolute atomic E-state index is 0.428. The normalized spacial score (nSPS) is 20.8. The fraction of sp³-hybridized carbons (Fsp3) is 0.400. The van der Waals surface area contributed by atoms with E-state index in [0.29, 0.717) is 17.3 Å². The van der Waals surface area contributed by atoms with Crippen LogP contribution in [0.1, 0.15) is 50.0 Å². The highest BCUT2D eigenvalue weighted by molar-refractivity contribution is 5.54. The van der Waals surface area contributed by atoms with Crippen molar-refractivity contribution in [2.45, 2.75) is 44.4 Å². The van der Waals surface area contributed by atoms with Crippen molar-refractivity contribution in [1.29, 1.82) is 0 Å². The predicted molar refractivity (Wildman–Crippen MR) is 91.5 cm³/mol. The summed E-state index contributed by atoms with van der Waals surface area (Å²) in [5.41, 5.74) is 1.64. The predicted octanol–water partition coefficient (Wildman–Crippen LogP) is 5.66. The Hall–Kier alpha value is -2.10. The van der Waals surface area contributed by atoms with E-state index in [1.807, 2.05) is 18.5 Å². The number of rotatable bonds is 5. The van der Waals surface area contributed by atoms with Crippen molar-refractivity contribution in [1.82, 2.24) is 9.97 Å². The summed E-state index contributed by atoms with van der Waals surface area (Å²) < 4.78 is 26.3. The lowest BCUT2D eigenvalue weighted by atomic mass is 9.78. The van der Waals surface area contributed by atoms with Crippen molar-refractivity contribution in [2.24, 2.45) is 5.92 Å². The highest BCUT2D eigenvalue weighted by Gasteiger charge is 2.22. The Labute approximate surface area is 141 Å². The van der Waals surface area contributed by atoms with Crippen LogP contribution >= 0.6 is 0 Å². The minimum atomic E-state index is -0.877. The molecule has 1 aliphatic rings.